The van der Waals surface area contributed by atoms with Crippen LogP contribution in [0.5, 0.6) is 17.4 Å². The van der Waals surface area contributed by atoms with Crippen LogP contribution in [0.25, 0.3) is 16.4 Å². The van der Waals surface area contributed by atoms with Gasteiger partial charge in [0.05, 0.1) is 12.8 Å². The molecule has 4 rings (SSSR count). The number of hydrogen-bond donors (Lipinski definition) is 1. The van der Waals surface area contributed by atoms with Crippen molar-refractivity contribution in [3.63, 3.8) is 0 Å². The maximum absolute atomic E-state index is 14.9. The van der Waals surface area contributed by atoms with Crippen LogP contribution in [-0.2, 0) is 0 Å². The first kappa shape index (κ1) is 18.6. The highest BCUT2D eigenvalue weighted by Crippen LogP contribution is 2.34. The van der Waals surface area contributed by atoms with Gasteiger partial charge in [0.2, 0.25) is 5.88 Å². The zero-order valence-electron chi connectivity index (χ0n) is 16.0. The monoisotopic (exact) mass is 400 g/mol. The van der Waals surface area contributed by atoms with Gasteiger partial charge in [0, 0.05) is 22.2 Å². The second kappa shape index (κ2) is 7.71. The number of nitrogens with one attached hydrogen (secondary N) is 1. The van der Waals surface area contributed by atoms with Gasteiger partial charge in [-0.25, -0.2) is 8.91 Å². The molecule has 1 aromatic carbocycles. The SMILES string of the molecule is CSCCCOc1cn2ncnc(Oc3ccc4[nH]c(C)cc4c3F)c2c1C. The minimum absolute atomic E-state index is 0.120. The normalized spacial score (nSPS) is 11.4. The molecule has 0 aliphatic heterocycles. The van der Waals surface area contributed by atoms with Gasteiger partial charge in [-0.1, -0.05) is 0 Å². The Morgan fingerprint density at radius 1 is 1.25 bits per heavy atom. The Bertz CT molecular complexity index is 1140. The summed E-state index contributed by atoms with van der Waals surface area (Å²) < 4.78 is 28.3. The Kier molecular flexibility index (Phi) is 5.13. The summed E-state index contributed by atoms with van der Waals surface area (Å²) in [6.45, 7) is 4.43. The second-order valence-electron chi connectivity index (χ2n) is 6.56. The van der Waals surface area contributed by atoms with Crippen molar-refractivity contribution in [3.05, 3.63) is 47.8 Å². The lowest BCUT2D eigenvalue weighted by Gasteiger charge is -2.08. The van der Waals surface area contributed by atoms with Gasteiger partial charge in [0.15, 0.2) is 11.6 Å². The number of nitrogens with zero attached hydrogens (tertiary/aromatic N) is 3. The van der Waals surface area contributed by atoms with E-state index < -0.39 is 5.82 Å². The number of ether oxygens (including phenoxy) is 2. The molecule has 3 aromatic heterocycles. The summed E-state index contributed by atoms with van der Waals surface area (Å²) in [4.78, 5) is 7.34. The van der Waals surface area contributed by atoms with Gasteiger partial charge in [-0.15, -0.1) is 0 Å². The molecule has 0 bridgehead atoms. The Hall–Kier alpha value is -2.74. The molecule has 0 radical (unpaired) electrons. The minimum Gasteiger partial charge on any atom is -0.492 e. The molecule has 6 nitrogen and oxygen atoms in total. The van der Waals surface area contributed by atoms with E-state index >= 15 is 0 Å². The molecule has 146 valence electrons. The van der Waals surface area contributed by atoms with Gasteiger partial charge in [0.25, 0.3) is 0 Å². The summed E-state index contributed by atoms with van der Waals surface area (Å²) in [5.41, 5.74) is 3.14. The van der Waals surface area contributed by atoms with E-state index in [1.807, 2.05) is 13.8 Å². The van der Waals surface area contributed by atoms with Crippen molar-refractivity contribution in [2.24, 2.45) is 0 Å². The molecule has 0 aliphatic carbocycles. The van der Waals surface area contributed by atoms with E-state index in [1.165, 1.54) is 6.33 Å². The summed E-state index contributed by atoms with van der Waals surface area (Å²) in [6, 6.07) is 5.16. The Balaban J connectivity index is 1.67. The topological polar surface area (TPSA) is 64.4 Å². The first-order valence-corrected chi connectivity index (χ1v) is 10.4. The van der Waals surface area contributed by atoms with Crippen molar-refractivity contribution in [3.8, 4) is 17.4 Å². The van der Waals surface area contributed by atoms with Gasteiger partial charge < -0.3 is 14.5 Å². The fraction of sp³-hybridized carbons (Fsp3) is 0.300. The highest BCUT2D eigenvalue weighted by molar-refractivity contribution is 7.98. The van der Waals surface area contributed by atoms with Gasteiger partial charge >= 0.3 is 0 Å². The van der Waals surface area contributed by atoms with E-state index in [4.69, 9.17) is 9.47 Å². The van der Waals surface area contributed by atoms with Gasteiger partial charge in [-0.2, -0.15) is 21.8 Å². The van der Waals surface area contributed by atoms with Crippen LogP contribution in [0.4, 0.5) is 4.39 Å². The molecule has 0 amide bonds. The van der Waals surface area contributed by atoms with E-state index in [1.54, 1.807) is 40.7 Å². The van der Waals surface area contributed by atoms with Crippen LogP contribution in [0.1, 0.15) is 17.7 Å². The maximum atomic E-state index is 14.9. The van der Waals surface area contributed by atoms with Crippen LogP contribution in [0.3, 0.4) is 0 Å². The van der Waals surface area contributed by atoms with Crippen LogP contribution in [-0.4, -0.2) is 38.2 Å². The molecule has 0 spiro atoms. The first-order valence-electron chi connectivity index (χ1n) is 8.99. The van der Waals surface area contributed by atoms with E-state index in [0.717, 1.165) is 34.7 Å². The highest BCUT2D eigenvalue weighted by Gasteiger charge is 2.18. The number of H-pyrrole nitrogens is 1. The Labute approximate surface area is 166 Å². The molecule has 0 saturated heterocycles. The Morgan fingerprint density at radius 2 is 2.11 bits per heavy atom. The molecule has 0 saturated carbocycles. The number of aromatic amines is 1. The number of hydrogen-bond acceptors (Lipinski definition) is 5. The average molecular weight is 400 g/mol. The van der Waals surface area contributed by atoms with Crippen LogP contribution in [0.2, 0.25) is 0 Å². The van der Waals surface area contributed by atoms with Crippen LogP contribution in [0, 0.1) is 19.7 Å². The molecule has 0 unspecified atom stereocenters. The number of rotatable bonds is 7. The first-order chi connectivity index (χ1) is 13.6. The summed E-state index contributed by atoms with van der Waals surface area (Å²) in [5, 5.41) is 4.72. The summed E-state index contributed by atoms with van der Waals surface area (Å²) in [6.07, 6.45) is 6.22. The largest absolute Gasteiger partial charge is 0.492 e. The lowest BCUT2D eigenvalue weighted by Crippen LogP contribution is -1.98. The van der Waals surface area contributed by atoms with E-state index in [2.05, 4.69) is 21.3 Å². The zero-order chi connectivity index (χ0) is 19.7. The average Bonchev–Trinajstić information content (AvgIpc) is 3.22. The maximum Gasteiger partial charge on any atom is 0.247 e. The van der Waals surface area contributed by atoms with Crippen LogP contribution >= 0.6 is 11.8 Å². The Morgan fingerprint density at radius 3 is 2.93 bits per heavy atom. The summed E-state index contributed by atoms with van der Waals surface area (Å²) in [5.74, 6) is 1.76. The third-order valence-corrected chi connectivity index (χ3v) is 5.24. The van der Waals surface area contributed by atoms with E-state index in [-0.39, 0.29) is 11.6 Å². The third kappa shape index (κ3) is 3.40. The predicted molar refractivity (Wildman–Crippen MR) is 109 cm³/mol. The number of aryl methyl sites for hydroxylation is 2. The third-order valence-electron chi connectivity index (χ3n) is 4.54. The molecule has 0 aliphatic rings. The predicted octanol–water partition coefficient (Wildman–Crippen LogP) is 4.89. The van der Waals surface area contributed by atoms with Crippen LogP contribution in [0.15, 0.2) is 30.7 Å². The lowest BCUT2D eigenvalue weighted by atomic mass is 10.2. The van der Waals surface area contributed by atoms with Crippen molar-refractivity contribution in [1.82, 2.24) is 19.6 Å². The van der Waals surface area contributed by atoms with E-state index in [0.29, 0.717) is 17.5 Å². The quantitative estimate of drug-likeness (QED) is 0.448. The minimum atomic E-state index is -0.420. The molecule has 0 atom stereocenters. The van der Waals surface area contributed by atoms with Gasteiger partial charge in [-0.05, 0) is 50.5 Å². The number of thioether (sulfide) groups is 1. The molecular weight excluding hydrogens is 379 g/mol. The van der Waals surface area contributed by atoms with Crippen molar-refractivity contribution in [2.45, 2.75) is 20.3 Å². The molecular formula is C20H21FN4O2S. The molecule has 28 heavy (non-hydrogen) atoms. The van der Waals surface area contributed by atoms with Crippen LogP contribution < -0.4 is 9.47 Å². The second-order valence-corrected chi connectivity index (χ2v) is 7.55. The fourth-order valence-corrected chi connectivity index (χ4v) is 3.59. The highest BCUT2D eigenvalue weighted by atomic mass is 32.2. The zero-order valence-corrected chi connectivity index (χ0v) is 16.8. The van der Waals surface area contributed by atoms with Gasteiger partial charge in [0.1, 0.15) is 17.6 Å². The lowest BCUT2D eigenvalue weighted by molar-refractivity contribution is 0.317. The van der Waals surface area contributed by atoms with Crippen molar-refractivity contribution in [2.75, 3.05) is 18.6 Å². The van der Waals surface area contributed by atoms with Crippen molar-refractivity contribution in [1.29, 1.82) is 0 Å². The molecule has 0 fully saturated rings. The van der Waals surface area contributed by atoms with Crippen molar-refractivity contribution >= 4 is 28.2 Å². The number of aromatic nitrogens is 4. The standard InChI is InChI=1S/C20H21FN4O2S/c1-12-9-14-15(24-12)5-6-16(18(14)21)27-20-19-13(2)17(26-7-4-8-28-3)10-25(19)23-11-22-20/h5-6,9-11,24H,4,7-8H2,1-3H3. The summed E-state index contributed by atoms with van der Waals surface area (Å²) in [7, 11) is 0. The molecule has 4 aromatic rings. The van der Waals surface area contributed by atoms with Crippen molar-refractivity contribution < 1.29 is 13.9 Å². The molecule has 3 heterocycles. The molecule has 1 N–H and O–H groups in total. The van der Waals surface area contributed by atoms with E-state index in [9.17, 15) is 4.39 Å². The van der Waals surface area contributed by atoms with Gasteiger partial charge in [-0.3, -0.25) is 0 Å². The number of halogens is 1. The number of fused-ring (bicyclic) bond motifs is 2. The number of benzene rings is 1. The fourth-order valence-electron chi connectivity index (χ4n) is 3.18. The summed E-state index contributed by atoms with van der Waals surface area (Å²) >= 11 is 1.79. The smallest absolute Gasteiger partial charge is 0.247 e. The molecule has 8 heteroatoms.